The second kappa shape index (κ2) is 4.32. The molecule has 0 aliphatic heterocycles. The minimum Gasteiger partial charge on any atom is -0.359 e. The Bertz CT molecular complexity index is 692. The first-order valence-corrected chi connectivity index (χ1v) is 5.83. The highest BCUT2D eigenvalue weighted by atomic mass is 16.2. The van der Waals surface area contributed by atoms with E-state index in [0.717, 1.165) is 0 Å². The lowest BCUT2D eigenvalue weighted by molar-refractivity contribution is 0.510. The van der Waals surface area contributed by atoms with Crippen LogP contribution in [-0.4, -0.2) is 26.1 Å². The molecule has 2 aromatic rings. The molecule has 0 aliphatic carbocycles. The molecule has 0 radical (unpaired) electrons. The molecule has 2 aromatic heterocycles. The molecule has 0 fully saturated rings. The smallest absolute Gasteiger partial charge is 0.330 e. The largest absolute Gasteiger partial charge is 0.359 e. The molecule has 2 heterocycles. The minimum absolute atomic E-state index is 0.280. The zero-order valence-corrected chi connectivity index (χ0v) is 10.9. The average Bonchev–Trinajstić information content (AvgIpc) is 2.62. The van der Waals surface area contributed by atoms with E-state index in [2.05, 4.69) is 15.3 Å². The average molecular weight is 251 g/mol. The van der Waals surface area contributed by atoms with E-state index in [1.807, 2.05) is 13.8 Å². The predicted octanol–water partition coefficient (Wildman–Crippen LogP) is 0.121. The van der Waals surface area contributed by atoms with Crippen LogP contribution in [0.15, 0.2) is 9.59 Å². The number of aromatic amines is 1. The number of rotatable bonds is 3. The van der Waals surface area contributed by atoms with Crippen molar-refractivity contribution in [3.8, 4) is 0 Å². The van der Waals surface area contributed by atoms with Gasteiger partial charge in [-0.05, 0) is 5.92 Å². The van der Waals surface area contributed by atoms with E-state index < -0.39 is 11.2 Å². The van der Waals surface area contributed by atoms with E-state index in [0.29, 0.717) is 24.1 Å². The molecule has 0 amide bonds. The summed E-state index contributed by atoms with van der Waals surface area (Å²) in [6.45, 7) is 4.56. The van der Waals surface area contributed by atoms with Crippen LogP contribution < -0.4 is 16.6 Å². The fourth-order valence-electron chi connectivity index (χ4n) is 2.03. The third kappa shape index (κ3) is 1.81. The van der Waals surface area contributed by atoms with E-state index in [1.165, 1.54) is 0 Å². The fraction of sp³-hybridized carbons (Fsp3) is 0.545. The minimum atomic E-state index is -0.452. The van der Waals surface area contributed by atoms with E-state index in [4.69, 9.17) is 0 Å². The summed E-state index contributed by atoms with van der Waals surface area (Å²) >= 11 is 0. The van der Waals surface area contributed by atoms with Gasteiger partial charge in [-0.1, -0.05) is 13.8 Å². The molecule has 2 rings (SSSR count). The lowest BCUT2D eigenvalue weighted by Gasteiger charge is -2.10. The molecule has 0 atom stereocenters. The van der Waals surface area contributed by atoms with Gasteiger partial charge in [0.05, 0.1) is 0 Å². The molecule has 0 aromatic carbocycles. The highest BCUT2D eigenvalue weighted by Crippen LogP contribution is 2.13. The predicted molar refractivity (Wildman–Crippen MR) is 70.0 cm³/mol. The van der Waals surface area contributed by atoms with Gasteiger partial charge in [-0.3, -0.25) is 18.9 Å². The number of hydrogen-bond donors (Lipinski definition) is 2. The quantitative estimate of drug-likeness (QED) is 0.811. The van der Waals surface area contributed by atoms with E-state index in [1.54, 1.807) is 23.2 Å². The molecule has 2 N–H and O–H groups in total. The van der Waals surface area contributed by atoms with Gasteiger partial charge in [0.2, 0.25) is 5.95 Å². The molecule has 0 unspecified atom stereocenters. The molecule has 7 nitrogen and oxygen atoms in total. The van der Waals surface area contributed by atoms with Gasteiger partial charge in [0, 0.05) is 20.6 Å². The van der Waals surface area contributed by atoms with Crippen molar-refractivity contribution in [3.05, 3.63) is 20.8 Å². The molecule has 0 saturated carbocycles. The molecule has 0 aliphatic rings. The van der Waals surface area contributed by atoms with Crippen LogP contribution in [0.5, 0.6) is 0 Å². The first-order chi connectivity index (χ1) is 8.45. The summed E-state index contributed by atoms with van der Waals surface area (Å²) in [6.07, 6.45) is 0. The number of aryl methyl sites for hydroxylation is 1. The van der Waals surface area contributed by atoms with Gasteiger partial charge in [0.15, 0.2) is 11.2 Å². The molecule has 0 bridgehead atoms. The van der Waals surface area contributed by atoms with Gasteiger partial charge in [-0.25, -0.2) is 9.78 Å². The Morgan fingerprint density at radius 2 is 2.06 bits per heavy atom. The third-order valence-electron chi connectivity index (χ3n) is 2.77. The maximum Gasteiger partial charge on any atom is 0.330 e. The maximum atomic E-state index is 11.9. The number of nitrogens with one attached hydrogen (secondary N) is 2. The highest BCUT2D eigenvalue weighted by Gasteiger charge is 2.16. The van der Waals surface area contributed by atoms with Crippen LogP contribution >= 0.6 is 0 Å². The van der Waals surface area contributed by atoms with Crippen LogP contribution in [0.1, 0.15) is 13.8 Å². The van der Waals surface area contributed by atoms with Gasteiger partial charge in [-0.2, -0.15) is 0 Å². The first-order valence-electron chi connectivity index (χ1n) is 5.83. The fourth-order valence-corrected chi connectivity index (χ4v) is 2.03. The van der Waals surface area contributed by atoms with Crippen molar-refractivity contribution < 1.29 is 0 Å². The Balaban J connectivity index is 2.88. The monoisotopic (exact) mass is 251 g/mol. The topological polar surface area (TPSA) is 84.7 Å². The van der Waals surface area contributed by atoms with Crippen molar-refractivity contribution in [2.24, 2.45) is 13.0 Å². The number of fused-ring (bicyclic) bond motifs is 1. The van der Waals surface area contributed by atoms with Crippen molar-refractivity contribution in [1.29, 1.82) is 0 Å². The highest BCUT2D eigenvalue weighted by molar-refractivity contribution is 5.73. The number of hydrogen-bond acceptors (Lipinski definition) is 4. The Morgan fingerprint density at radius 1 is 1.39 bits per heavy atom. The second-order valence-electron chi connectivity index (χ2n) is 4.68. The Hall–Kier alpha value is -2.05. The summed E-state index contributed by atoms with van der Waals surface area (Å²) < 4.78 is 3.27. The number of nitrogens with zero attached hydrogens (tertiary/aromatic N) is 3. The van der Waals surface area contributed by atoms with Crippen LogP contribution in [0.2, 0.25) is 0 Å². The third-order valence-corrected chi connectivity index (χ3v) is 2.77. The van der Waals surface area contributed by atoms with Gasteiger partial charge < -0.3 is 5.32 Å². The summed E-state index contributed by atoms with van der Waals surface area (Å²) in [5.41, 5.74) is -0.0251. The van der Waals surface area contributed by atoms with E-state index in [9.17, 15) is 9.59 Å². The van der Waals surface area contributed by atoms with Gasteiger partial charge in [-0.15, -0.1) is 0 Å². The Morgan fingerprint density at radius 3 is 2.61 bits per heavy atom. The molecule has 98 valence electrons. The standard InChI is InChI=1S/C11H17N5O2/c1-6(2)5-16-9-7(8(17)14-11(16)18)13-10(12-3)15(9)4/h6H,5H2,1-4H3,(H,12,13)(H,14,17,18). The molecular formula is C11H17N5O2. The summed E-state index contributed by atoms with van der Waals surface area (Å²) in [4.78, 5) is 30.1. The van der Waals surface area contributed by atoms with Crippen molar-refractivity contribution in [2.45, 2.75) is 20.4 Å². The van der Waals surface area contributed by atoms with Crippen LogP contribution in [0, 0.1) is 5.92 Å². The SMILES string of the molecule is CNc1nc2c(=O)[nH]c(=O)n(CC(C)C)c2n1C. The summed E-state index contributed by atoms with van der Waals surface area (Å²) in [5.74, 6) is 0.850. The van der Waals surface area contributed by atoms with Crippen molar-refractivity contribution in [2.75, 3.05) is 12.4 Å². The maximum absolute atomic E-state index is 11.9. The first kappa shape index (κ1) is 12.4. The van der Waals surface area contributed by atoms with Gasteiger partial charge >= 0.3 is 5.69 Å². The zero-order chi connectivity index (χ0) is 13.4. The van der Waals surface area contributed by atoms with Gasteiger partial charge in [0.25, 0.3) is 5.56 Å². The second-order valence-corrected chi connectivity index (χ2v) is 4.68. The lowest BCUT2D eigenvalue weighted by atomic mass is 10.2. The number of anilines is 1. The van der Waals surface area contributed by atoms with Crippen molar-refractivity contribution in [1.82, 2.24) is 19.1 Å². The molecule has 18 heavy (non-hydrogen) atoms. The summed E-state index contributed by atoms with van der Waals surface area (Å²) in [6, 6.07) is 0. The summed E-state index contributed by atoms with van der Waals surface area (Å²) in [5, 5.41) is 2.90. The number of H-pyrrole nitrogens is 1. The van der Waals surface area contributed by atoms with Crippen LogP contribution in [0.3, 0.4) is 0 Å². The van der Waals surface area contributed by atoms with Crippen molar-refractivity contribution in [3.63, 3.8) is 0 Å². The Kier molecular flexibility index (Phi) is 2.98. The van der Waals surface area contributed by atoms with Crippen molar-refractivity contribution >= 4 is 17.1 Å². The molecule has 0 spiro atoms. The van der Waals surface area contributed by atoms with E-state index >= 15 is 0 Å². The number of aromatic nitrogens is 4. The molecule has 0 saturated heterocycles. The van der Waals surface area contributed by atoms with Crippen LogP contribution in [0.25, 0.3) is 11.2 Å². The van der Waals surface area contributed by atoms with Gasteiger partial charge in [0.1, 0.15) is 0 Å². The van der Waals surface area contributed by atoms with Crippen LogP contribution in [0.4, 0.5) is 5.95 Å². The van der Waals surface area contributed by atoms with E-state index in [-0.39, 0.29) is 5.52 Å². The summed E-state index contributed by atoms with van der Waals surface area (Å²) in [7, 11) is 3.50. The van der Waals surface area contributed by atoms with Crippen LogP contribution in [-0.2, 0) is 13.6 Å². The lowest BCUT2D eigenvalue weighted by Crippen LogP contribution is -2.32. The Labute approximate surface area is 103 Å². The molecule has 7 heteroatoms. The normalized spacial score (nSPS) is 11.4. The number of imidazole rings is 1. The molecular weight excluding hydrogens is 234 g/mol. The zero-order valence-electron chi connectivity index (χ0n) is 10.9.